The molecule has 0 unspecified atom stereocenters. The Morgan fingerprint density at radius 3 is 2.76 bits per heavy atom. The van der Waals surface area contributed by atoms with Crippen LogP contribution in [0, 0.1) is 0 Å². The fourth-order valence-electron chi connectivity index (χ4n) is 1.48. The Kier molecular flexibility index (Phi) is 3.93. The molecule has 1 aromatic carbocycles. The van der Waals surface area contributed by atoms with Crippen molar-refractivity contribution >= 4 is 21.8 Å². The summed E-state index contributed by atoms with van der Waals surface area (Å²) in [6, 6.07) is 10.0. The molecular formula is C12H12BrN3O. The molecule has 4 nitrogen and oxygen atoms in total. The van der Waals surface area contributed by atoms with Crippen LogP contribution in [-0.4, -0.2) is 22.6 Å². The number of amides is 1. The highest BCUT2D eigenvalue weighted by Crippen LogP contribution is 2.11. The van der Waals surface area contributed by atoms with Crippen molar-refractivity contribution in [3.8, 4) is 0 Å². The van der Waals surface area contributed by atoms with Crippen LogP contribution in [0.25, 0.3) is 0 Å². The van der Waals surface area contributed by atoms with E-state index in [4.69, 9.17) is 0 Å². The van der Waals surface area contributed by atoms with Crippen molar-refractivity contribution < 1.29 is 4.79 Å². The molecule has 0 fully saturated rings. The number of nitrogens with one attached hydrogen (secondary N) is 2. The van der Waals surface area contributed by atoms with Gasteiger partial charge in [0.15, 0.2) is 0 Å². The van der Waals surface area contributed by atoms with E-state index in [1.54, 1.807) is 6.20 Å². The van der Waals surface area contributed by atoms with Gasteiger partial charge in [-0.25, -0.2) is 0 Å². The average Bonchev–Trinajstić information content (AvgIpc) is 2.77. The van der Waals surface area contributed by atoms with Crippen LogP contribution in [-0.2, 0) is 6.42 Å². The van der Waals surface area contributed by atoms with Crippen LogP contribution in [0.1, 0.15) is 16.1 Å². The number of carbonyl (C=O) groups is 1. The largest absolute Gasteiger partial charge is 0.350 e. The van der Waals surface area contributed by atoms with Gasteiger partial charge in [-0.15, -0.1) is 0 Å². The zero-order valence-electron chi connectivity index (χ0n) is 9.11. The number of nitrogens with zero attached hydrogens (tertiary/aromatic N) is 1. The summed E-state index contributed by atoms with van der Waals surface area (Å²) in [5.74, 6) is -0.148. The molecule has 0 radical (unpaired) electrons. The van der Waals surface area contributed by atoms with Crippen LogP contribution in [0.5, 0.6) is 0 Å². The second-order valence-corrected chi connectivity index (χ2v) is 4.44. The quantitative estimate of drug-likeness (QED) is 0.907. The third-order valence-electron chi connectivity index (χ3n) is 2.36. The lowest BCUT2D eigenvalue weighted by atomic mass is 10.1. The van der Waals surface area contributed by atoms with Crippen LogP contribution < -0.4 is 5.32 Å². The Bertz CT molecular complexity index is 495. The zero-order chi connectivity index (χ0) is 12.1. The van der Waals surface area contributed by atoms with Crippen molar-refractivity contribution in [1.29, 1.82) is 0 Å². The highest BCUT2D eigenvalue weighted by molar-refractivity contribution is 9.10. The topological polar surface area (TPSA) is 57.8 Å². The molecule has 0 saturated carbocycles. The molecule has 0 saturated heterocycles. The van der Waals surface area contributed by atoms with E-state index in [0.717, 1.165) is 6.42 Å². The predicted molar refractivity (Wildman–Crippen MR) is 68.8 cm³/mol. The van der Waals surface area contributed by atoms with E-state index in [0.29, 0.717) is 16.7 Å². The second-order valence-electron chi connectivity index (χ2n) is 3.58. The summed E-state index contributed by atoms with van der Waals surface area (Å²) in [6.45, 7) is 0.605. The summed E-state index contributed by atoms with van der Waals surface area (Å²) in [7, 11) is 0. The van der Waals surface area contributed by atoms with E-state index >= 15 is 0 Å². The summed E-state index contributed by atoms with van der Waals surface area (Å²) in [5.41, 5.74) is 1.66. The van der Waals surface area contributed by atoms with Gasteiger partial charge in [-0.2, -0.15) is 5.10 Å². The maximum Gasteiger partial charge on any atom is 0.270 e. The van der Waals surface area contributed by atoms with Gasteiger partial charge in [-0.1, -0.05) is 30.3 Å². The van der Waals surface area contributed by atoms with Gasteiger partial charge in [-0.05, 0) is 27.9 Å². The van der Waals surface area contributed by atoms with E-state index in [1.165, 1.54) is 5.56 Å². The van der Waals surface area contributed by atoms with Crippen molar-refractivity contribution in [3.63, 3.8) is 0 Å². The number of benzene rings is 1. The van der Waals surface area contributed by atoms with Crippen molar-refractivity contribution in [2.45, 2.75) is 6.42 Å². The molecule has 2 N–H and O–H groups in total. The summed E-state index contributed by atoms with van der Waals surface area (Å²) < 4.78 is 0.676. The Morgan fingerprint density at radius 2 is 2.12 bits per heavy atom. The van der Waals surface area contributed by atoms with E-state index in [9.17, 15) is 4.79 Å². The van der Waals surface area contributed by atoms with Gasteiger partial charge in [0.25, 0.3) is 5.91 Å². The zero-order valence-corrected chi connectivity index (χ0v) is 10.7. The van der Waals surface area contributed by atoms with E-state index in [2.05, 4.69) is 31.4 Å². The fourth-order valence-corrected chi connectivity index (χ4v) is 1.86. The summed E-state index contributed by atoms with van der Waals surface area (Å²) in [5, 5.41) is 9.26. The first kappa shape index (κ1) is 11.9. The van der Waals surface area contributed by atoms with Gasteiger partial charge in [-0.3, -0.25) is 9.89 Å². The average molecular weight is 294 g/mol. The van der Waals surface area contributed by atoms with E-state index in [-0.39, 0.29) is 5.91 Å². The van der Waals surface area contributed by atoms with Gasteiger partial charge in [0.05, 0.1) is 10.7 Å². The van der Waals surface area contributed by atoms with Gasteiger partial charge < -0.3 is 5.32 Å². The van der Waals surface area contributed by atoms with Crippen molar-refractivity contribution in [2.24, 2.45) is 0 Å². The molecule has 1 aromatic heterocycles. The highest BCUT2D eigenvalue weighted by Gasteiger charge is 2.10. The standard InChI is InChI=1S/C12H12BrN3O/c13-10-8-15-16-11(10)12(17)14-7-6-9-4-2-1-3-5-9/h1-5,8H,6-7H2,(H,14,17)(H,15,16). The molecule has 2 rings (SSSR count). The minimum Gasteiger partial charge on any atom is -0.350 e. The molecule has 17 heavy (non-hydrogen) atoms. The molecule has 1 amide bonds. The van der Waals surface area contributed by atoms with Crippen LogP contribution in [0.2, 0.25) is 0 Å². The molecule has 0 aliphatic rings. The van der Waals surface area contributed by atoms with Gasteiger partial charge >= 0.3 is 0 Å². The first-order chi connectivity index (χ1) is 8.27. The molecule has 88 valence electrons. The van der Waals surface area contributed by atoms with Gasteiger partial charge in [0, 0.05) is 6.54 Å². The van der Waals surface area contributed by atoms with Gasteiger partial charge in [0.1, 0.15) is 5.69 Å². The number of carbonyl (C=O) groups excluding carboxylic acids is 1. The van der Waals surface area contributed by atoms with Crippen LogP contribution in [0.3, 0.4) is 0 Å². The number of halogens is 1. The van der Waals surface area contributed by atoms with Crippen molar-refractivity contribution in [3.05, 3.63) is 52.3 Å². The highest BCUT2D eigenvalue weighted by atomic mass is 79.9. The number of hydrogen-bond donors (Lipinski definition) is 2. The number of H-pyrrole nitrogens is 1. The summed E-state index contributed by atoms with van der Waals surface area (Å²) in [6.07, 6.45) is 2.38. The third-order valence-corrected chi connectivity index (χ3v) is 2.96. The number of hydrogen-bond acceptors (Lipinski definition) is 2. The molecule has 0 aliphatic heterocycles. The van der Waals surface area contributed by atoms with E-state index < -0.39 is 0 Å². The van der Waals surface area contributed by atoms with E-state index in [1.807, 2.05) is 30.3 Å². The van der Waals surface area contributed by atoms with Gasteiger partial charge in [0.2, 0.25) is 0 Å². The lowest BCUT2D eigenvalue weighted by Crippen LogP contribution is -2.26. The predicted octanol–water partition coefficient (Wildman–Crippen LogP) is 2.14. The minimum absolute atomic E-state index is 0.148. The maximum absolute atomic E-state index is 11.7. The molecule has 0 bridgehead atoms. The van der Waals surface area contributed by atoms with Crippen molar-refractivity contribution in [2.75, 3.05) is 6.54 Å². The first-order valence-electron chi connectivity index (χ1n) is 5.28. The molecule has 5 heteroatoms. The smallest absolute Gasteiger partial charge is 0.270 e. The Balaban J connectivity index is 1.84. The first-order valence-corrected chi connectivity index (χ1v) is 6.07. The maximum atomic E-state index is 11.7. The Labute approximate surface area is 108 Å². The fraction of sp³-hybridized carbons (Fsp3) is 0.167. The molecule has 0 spiro atoms. The number of aromatic amines is 1. The second kappa shape index (κ2) is 5.63. The molecule has 2 aromatic rings. The van der Waals surface area contributed by atoms with Crippen LogP contribution >= 0.6 is 15.9 Å². The summed E-state index contributed by atoms with van der Waals surface area (Å²) in [4.78, 5) is 11.7. The SMILES string of the molecule is O=C(NCCc1ccccc1)c1[nH]ncc1Br. The molecule has 0 atom stereocenters. The molecular weight excluding hydrogens is 282 g/mol. The normalized spacial score (nSPS) is 10.2. The van der Waals surface area contributed by atoms with Crippen LogP contribution in [0.4, 0.5) is 0 Å². The molecule has 1 heterocycles. The Morgan fingerprint density at radius 1 is 1.35 bits per heavy atom. The number of rotatable bonds is 4. The Hall–Kier alpha value is -1.62. The monoisotopic (exact) mass is 293 g/mol. The lowest BCUT2D eigenvalue weighted by Gasteiger charge is -2.04. The third kappa shape index (κ3) is 3.17. The van der Waals surface area contributed by atoms with Crippen LogP contribution in [0.15, 0.2) is 41.0 Å². The number of aromatic nitrogens is 2. The minimum atomic E-state index is -0.148. The lowest BCUT2D eigenvalue weighted by molar-refractivity contribution is 0.0948. The summed E-state index contributed by atoms with van der Waals surface area (Å²) >= 11 is 3.25. The van der Waals surface area contributed by atoms with Crippen molar-refractivity contribution in [1.82, 2.24) is 15.5 Å². The molecule has 0 aliphatic carbocycles.